The van der Waals surface area contributed by atoms with Crippen LogP contribution in [0.15, 0.2) is 41.0 Å². The van der Waals surface area contributed by atoms with Crippen molar-refractivity contribution in [2.75, 3.05) is 0 Å². The molecule has 2 rings (SSSR count). The molecule has 0 heterocycles. The number of hydrogen-bond donors (Lipinski definition) is 1. The average Bonchev–Trinajstić information content (AvgIpc) is 2.42. The van der Waals surface area contributed by atoms with E-state index in [1.165, 1.54) is 22.3 Å². The van der Waals surface area contributed by atoms with Crippen LogP contribution in [0.2, 0.25) is 0 Å². The Hall–Kier alpha value is -0.206. The van der Waals surface area contributed by atoms with Gasteiger partial charge in [-0.3, -0.25) is 0 Å². The van der Waals surface area contributed by atoms with Crippen molar-refractivity contribution in [2.24, 2.45) is 5.41 Å². The largest absolute Gasteiger partial charge is 0.507 e. The van der Waals surface area contributed by atoms with Crippen LogP contribution in [-0.4, -0.2) is 5.11 Å². The molecule has 1 aliphatic carbocycles. The Morgan fingerprint density at radius 3 is 1.80 bits per heavy atom. The maximum Gasteiger partial charge on any atom is 0.123 e. The van der Waals surface area contributed by atoms with E-state index in [0.29, 0.717) is 5.75 Å². The van der Waals surface area contributed by atoms with Crippen LogP contribution in [0.1, 0.15) is 40.2 Å². The van der Waals surface area contributed by atoms with Crippen molar-refractivity contribution >= 4 is 30.4 Å². The van der Waals surface area contributed by atoms with Gasteiger partial charge < -0.3 is 5.11 Å². The van der Waals surface area contributed by atoms with E-state index in [-0.39, 0.29) is 51.9 Å². The Bertz CT molecular complexity index is 545. The van der Waals surface area contributed by atoms with Gasteiger partial charge in [0, 0.05) is 32.7 Å². The molecule has 0 aromatic heterocycles. The second-order valence-electron chi connectivity index (χ2n) is 5.39. The van der Waals surface area contributed by atoms with Crippen LogP contribution >= 0.6 is 24.8 Å². The molecule has 1 aliphatic rings. The molecule has 0 amide bonds. The summed E-state index contributed by atoms with van der Waals surface area (Å²) in [4.78, 5) is 0. The second-order valence-corrected chi connectivity index (χ2v) is 5.39. The van der Waals surface area contributed by atoms with Crippen molar-refractivity contribution in [3.05, 3.63) is 46.5 Å². The van der Waals surface area contributed by atoms with Crippen LogP contribution < -0.4 is 0 Å². The minimum absolute atomic E-state index is 0. The number of rotatable bonds is 1. The standard InChI is InChI=1S/C16H20O.2ClH.Ti/c1-10-11(2)15(16(4,5)12(10)3)13-8-6-7-9-14(13)17;;;/h6-9,17H,1-5H3;2*1H;. The maximum atomic E-state index is 10.0. The number of halogens is 2. The minimum Gasteiger partial charge on any atom is -0.507 e. The van der Waals surface area contributed by atoms with Crippen molar-refractivity contribution in [1.82, 2.24) is 0 Å². The van der Waals surface area contributed by atoms with Gasteiger partial charge >= 0.3 is 0 Å². The first-order valence-electron chi connectivity index (χ1n) is 6.05. The van der Waals surface area contributed by atoms with Crippen LogP contribution in [0.25, 0.3) is 5.57 Å². The molecule has 0 spiro atoms. The van der Waals surface area contributed by atoms with Crippen LogP contribution in [0, 0.1) is 5.41 Å². The number of para-hydroxylation sites is 1. The van der Waals surface area contributed by atoms with Gasteiger partial charge in [-0.15, -0.1) is 24.8 Å². The fraction of sp³-hybridized carbons (Fsp3) is 0.375. The number of hydrogen-bond acceptors (Lipinski definition) is 1. The van der Waals surface area contributed by atoms with Gasteiger partial charge in [-0.2, -0.15) is 0 Å². The third kappa shape index (κ3) is 3.33. The SMILES string of the molecule is CC1=C(C)C(C)(C)C(c2ccccc2O)=C1C.Cl.Cl.[Ti]. The second kappa shape index (κ2) is 7.70. The number of allylic oxidation sites excluding steroid dienone is 4. The summed E-state index contributed by atoms with van der Waals surface area (Å²) in [6.45, 7) is 11.0. The van der Waals surface area contributed by atoms with Gasteiger partial charge in [-0.1, -0.05) is 37.6 Å². The molecule has 1 nitrogen and oxygen atoms in total. The summed E-state index contributed by atoms with van der Waals surface area (Å²) in [5.74, 6) is 0.373. The van der Waals surface area contributed by atoms with Gasteiger partial charge in [0.15, 0.2) is 0 Å². The van der Waals surface area contributed by atoms with Crippen molar-refractivity contribution in [2.45, 2.75) is 34.6 Å². The molecule has 0 atom stereocenters. The van der Waals surface area contributed by atoms with Gasteiger partial charge in [0.2, 0.25) is 0 Å². The summed E-state index contributed by atoms with van der Waals surface area (Å²) in [5.41, 5.74) is 6.28. The Morgan fingerprint density at radius 2 is 1.40 bits per heavy atom. The van der Waals surface area contributed by atoms with E-state index in [0.717, 1.165) is 5.56 Å². The third-order valence-corrected chi connectivity index (χ3v) is 4.24. The summed E-state index contributed by atoms with van der Waals surface area (Å²) < 4.78 is 0. The quantitative estimate of drug-likeness (QED) is 0.675. The number of aromatic hydroxyl groups is 1. The topological polar surface area (TPSA) is 20.2 Å². The molecule has 1 aromatic rings. The summed E-state index contributed by atoms with van der Waals surface area (Å²) in [6, 6.07) is 7.61. The molecule has 0 unspecified atom stereocenters. The molecule has 1 aromatic carbocycles. The van der Waals surface area contributed by atoms with Crippen LogP contribution in [0.4, 0.5) is 0 Å². The van der Waals surface area contributed by atoms with E-state index in [1.807, 2.05) is 18.2 Å². The van der Waals surface area contributed by atoms with E-state index in [9.17, 15) is 5.11 Å². The predicted octanol–water partition coefficient (Wildman–Crippen LogP) is 5.38. The van der Waals surface area contributed by atoms with E-state index in [1.54, 1.807) is 6.07 Å². The van der Waals surface area contributed by atoms with Crippen LogP contribution in [-0.2, 0) is 21.7 Å². The molecule has 0 bridgehead atoms. The Balaban J connectivity index is 0. The zero-order valence-corrected chi connectivity index (χ0v) is 15.8. The Morgan fingerprint density at radius 1 is 0.900 bits per heavy atom. The normalized spacial score (nSPS) is 16.2. The molecule has 0 aliphatic heterocycles. The monoisotopic (exact) mass is 348 g/mol. The molecule has 110 valence electrons. The van der Waals surface area contributed by atoms with E-state index in [4.69, 9.17) is 0 Å². The summed E-state index contributed by atoms with van der Waals surface area (Å²) in [6.07, 6.45) is 0. The molecule has 20 heavy (non-hydrogen) atoms. The fourth-order valence-electron chi connectivity index (χ4n) is 2.82. The van der Waals surface area contributed by atoms with Gasteiger partial charge in [0.05, 0.1) is 0 Å². The van der Waals surface area contributed by atoms with Gasteiger partial charge in [-0.25, -0.2) is 0 Å². The zero-order chi connectivity index (χ0) is 12.8. The molecule has 0 saturated carbocycles. The number of phenolic OH excluding ortho intramolecular Hbond substituents is 1. The van der Waals surface area contributed by atoms with Gasteiger partial charge in [0.1, 0.15) is 5.75 Å². The average molecular weight is 349 g/mol. The summed E-state index contributed by atoms with van der Waals surface area (Å²) in [5, 5.41) is 10.0. The molecule has 1 N–H and O–H groups in total. The van der Waals surface area contributed by atoms with Crippen LogP contribution in [0.3, 0.4) is 0 Å². The Labute approximate surface area is 149 Å². The summed E-state index contributed by atoms with van der Waals surface area (Å²) >= 11 is 0. The molecule has 0 saturated heterocycles. The summed E-state index contributed by atoms with van der Waals surface area (Å²) in [7, 11) is 0. The van der Waals surface area contributed by atoms with Crippen LogP contribution in [0.5, 0.6) is 5.75 Å². The molecular formula is C16H22Cl2OTi. The molecule has 0 radical (unpaired) electrons. The maximum absolute atomic E-state index is 10.0. The molecular weight excluding hydrogens is 327 g/mol. The van der Waals surface area contributed by atoms with Crippen molar-refractivity contribution < 1.29 is 26.8 Å². The molecule has 0 fully saturated rings. The first kappa shape index (κ1) is 22.1. The van der Waals surface area contributed by atoms with E-state index >= 15 is 0 Å². The third-order valence-electron chi connectivity index (χ3n) is 4.24. The smallest absolute Gasteiger partial charge is 0.123 e. The Kier molecular flexibility index (Phi) is 8.51. The minimum atomic E-state index is 0. The number of phenols is 1. The van der Waals surface area contributed by atoms with Gasteiger partial charge in [-0.05, 0) is 43.6 Å². The predicted molar refractivity (Wildman–Crippen MR) is 87.4 cm³/mol. The van der Waals surface area contributed by atoms with E-state index < -0.39 is 0 Å². The zero-order valence-electron chi connectivity index (χ0n) is 12.6. The van der Waals surface area contributed by atoms with E-state index in [2.05, 4.69) is 34.6 Å². The van der Waals surface area contributed by atoms with Crippen molar-refractivity contribution in [3.8, 4) is 5.75 Å². The van der Waals surface area contributed by atoms with Crippen molar-refractivity contribution in [1.29, 1.82) is 0 Å². The van der Waals surface area contributed by atoms with Crippen molar-refractivity contribution in [3.63, 3.8) is 0 Å². The first-order chi connectivity index (χ1) is 7.87. The van der Waals surface area contributed by atoms with Gasteiger partial charge in [0.25, 0.3) is 0 Å². The fourth-order valence-corrected chi connectivity index (χ4v) is 2.82. The number of benzene rings is 1. The molecule has 4 heteroatoms. The first-order valence-corrected chi connectivity index (χ1v) is 6.05.